The fourth-order valence-corrected chi connectivity index (χ4v) is 2.73. The molecule has 1 aliphatic rings. The van der Waals surface area contributed by atoms with Gasteiger partial charge in [0.15, 0.2) is 0 Å². The van der Waals surface area contributed by atoms with Crippen molar-refractivity contribution in [1.82, 2.24) is 5.32 Å². The number of aliphatic hydroxyl groups is 1. The highest BCUT2D eigenvalue weighted by Gasteiger charge is 2.20. The Hall–Kier alpha value is -0.0800. The van der Waals surface area contributed by atoms with Gasteiger partial charge in [-0.15, -0.1) is 0 Å². The highest BCUT2D eigenvalue weighted by Crippen LogP contribution is 2.24. The summed E-state index contributed by atoms with van der Waals surface area (Å²) in [5, 5.41) is 13.2. The van der Waals surface area contributed by atoms with Gasteiger partial charge < -0.3 is 10.4 Å². The summed E-state index contributed by atoms with van der Waals surface area (Å²) in [6, 6.07) is 0.691. The molecule has 0 spiro atoms. The molecule has 1 saturated carbocycles. The van der Waals surface area contributed by atoms with Crippen molar-refractivity contribution in [3.05, 3.63) is 0 Å². The highest BCUT2D eigenvalue weighted by molar-refractivity contribution is 4.76. The molecule has 1 aliphatic carbocycles. The maximum Gasteiger partial charge on any atom is 0.0540 e. The Balaban J connectivity index is 2.18. The predicted octanol–water partition coefficient (Wildman–Crippen LogP) is 3.34. The number of hydrogen-bond donors (Lipinski definition) is 2. The minimum absolute atomic E-state index is 0.0201. The Morgan fingerprint density at radius 1 is 1.12 bits per heavy atom. The molecule has 2 heteroatoms. The summed E-state index contributed by atoms with van der Waals surface area (Å²) >= 11 is 0. The summed E-state index contributed by atoms with van der Waals surface area (Å²) in [7, 11) is 0. The van der Waals surface area contributed by atoms with Crippen LogP contribution in [-0.2, 0) is 0 Å². The molecule has 1 rings (SSSR count). The normalized spacial score (nSPS) is 28.9. The molecule has 0 aliphatic heterocycles. The van der Waals surface area contributed by atoms with Gasteiger partial charge in [0.05, 0.1) is 6.10 Å². The SMILES string of the molecule is CCC(C)CC(CC)NCC1CCC(O)CC1. The molecule has 0 aromatic rings. The van der Waals surface area contributed by atoms with Crippen molar-refractivity contribution in [2.45, 2.75) is 77.9 Å². The van der Waals surface area contributed by atoms with Crippen molar-refractivity contribution in [2.24, 2.45) is 11.8 Å². The van der Waals surface area contributed by atoms with E-state index in [2.05, 4.69) is 26.1 Å². The molecule has 17 heavy (non-hydrogen) atoms. The molecule has 102 valence electrons. The van der Waals surface area contributed by atoms with E-state index in [1.807, 2.05) is 0 Å². The summed E-state index contributed by atoms with van der Waals surface area (Å²) in [5.41, 5.74) is 0. The molecule has 0 heterocycles. The smallest absolute Gasteiger partial charge is 0.0540 e. The van der Waals surface area contributed by atoms with Crippen LogP contribution >= 0.6 is 0 Å². The van der Waals surface area contributed by atoms with Crippen molar-refractivity contribution in [2.75, 3.05) is 6.54 Å². The second-order valence-corrected chi connectivity index (χ2v) is 5.94. The number of hydrogen-bond acceptors (Lipinski definition) is 2. The molecule has 2 unspecified atom stereocenters. The Labute approximate surface area is 107 Å². The second-order valence-electron chi connectivity index (χ2n) is 5.94. The van der Waals surface area contributed by atoms with Crippen LogP contribution in [-0.4, -0.2) is 23.8 Å². The zero-order valence-electron chi connectivity index (χ0n) is 11.9. The standard InChI is InChI=1S/C15H31NO/c1-4-12(3)10-14(5-2)16-11-13-6-8-15(17)9-7-13/h12-17H,4-11H2,1-3H3. The largest absolute Gasteiger partial charge is 0.393 e. The Kier molecular flexibility index (Phi) is 7.14. The maximum atomic E-state index is 9.48. The van der Waals surface area contributed by atoms with Gasteiger partial charge in [0.2, 0.25) is 0 Å². The third-order valence-electron chi connectivity index (χ3n) is 4.39. The third kappa shape index (κ3) is 5.87. The van der Waals surface area contributed by atoms with Crippen molar-refractivity contribution in [3.8, 4) is 0 Å². The molecule has 2 N–H and O–H groups in total. The van der Waals surface area contributed by atoms with Crippen LogP contribution in [0.25, 0.3) is 0 Å². The van der Waals surface area contributed by atoms with E-state index in [1.54, 1.807) is 0 Å². The maximum absolute atomic E-state index is 9.48. The summed E-state index contributed by atoms with van der Waals surface area (Å²) in [6.07, 6.45) is 8.23. The van der Waals surface area contributed by atoms with Crippen molar-refractivity contribution in [1.29, 1.82) is 0 Å². The topological polar surface area (TPSA) is 32.3 Å². The molecule has 0 aromatic carbocycles. The van der Waals surface area contributed by atoms with E-state index in [4.69, 9.17) is 0 Å². The second kappa shape index (κ2) is 8.10. The molecule has 2 atom stereocenters. The monoisotopic (exact) mass is 241 g/mol. The van der Waals surface area contributed by atoms with Gasteiger partial charge in [-0.2, -0.15) is 0 Å². The van der Waals surface area contributed by atoms with Crippen LogP contribution in [0.4, 0.5) is 0 Å². The lowest BCUT2D eigenvalue weighted by Crippen LogP contribution is -2.35. The lowest BCUT2D eigenvalue weighted by atomic mass is 9.87. The quantitative estimate of drug-likeness (QED) is 0.716. The molecule has 2 nitrogen and oxygen atoms in total. The fourth-order valence-electron chi connectivity index (χ4n) is 2.73. The molecule has 0 aromatic heterocycles. The van der Waals surface area contributed by atoms with Gasteiger partial charge in [-0.3, -0.25) is 0 Å². The van der Waals surface area contributed by atoms with E-state index in [0.29, 0.717) is 6.04 Å². The average Bonchev–Trinajstić information content (AvgIpc) is 2.36. The summed E-state index contributed by atoms with van der Waals surface area (Å²) in [5.74, 6) is 1.63. The van der Waals surface area contributed by atoms with Gasteiger partial charge in [-0.05, 0) is 56.9 Å². The Morgan fingerprint density at radius 3 is 2.29 bits per heavy atom. The molecular formula is C15H31NO. The average molecular weight is 241 g/mol. The molecule has 1 fully saturated rings. The molecular weight excluding hydrogens is 210 g/mol. The van der Waals surface area contributed by atoms with E-state index in [9.17, 15) is 5.11 Å². The molecule has 0 bridgehead atoms. The number of rotatable bonds is 7. The van der Waals surface area contributed by atoms with Gasteiger partial charge in [0, 0.05) is 6.04 Å². The van der Waals surface area contributed by atoms with Gasteiger partial charge in [0.1, 0.15) is 0 Å². The first-order chi connectivity index (χ1) is 8.15. The molecule has 0 amide bonds. The van der Waals surface area contributed by atoms with Crippen LogP contribution in [0.1, 0.15) is 65.7 Å². The van der Waals surface area contributed by atoms with Crippen LogP contribution < -0.4 is 5.32 Å². The Bertz CT molecular complexity index is 187. The van der Waals surface area contributed by atoms with Crippen LogP contribution in [0, 0.1) is 11.8 Å². The van der Waals surface area contributed by atoms with Crippen LogP contribution in [0.5, 0.6) is 0 Å². The van der Waals surface area contributed by atoms with Crippen molar-refractivity contribution >= 4 is 0 Å². The van der Waals surface area contributed by atoms with Crippen LogP contribution in [0.15, 0.2) is 0 Å². The molecule has 0 radical (unpaired) electrons. The summed E-state index contributed by atoms with van der Waals surface area (Å²) in [6.45, 7) is 8.06. The van der Waals surface area contributed by atoms with Gasteiger partial charge in [-0.25, -0.2) is 0 Å². The van der Waals surface area contributed by atoms with Gasteiger partial charge in [-0.1, -0.05) is 27.2 Å². The summed E-state index contributed by atoms with van der Waals surface area (Å²) in [4.78, 5) is 0. The minimum Gasteiger partial charge on any atom is -0.393 e. The zero-order valence-corrected chi connectivity index (χ0v) is 11.9. The van der Waals surface area contributed by atoms with E-state index in [-0.39, 0.29) is 6.10 Å². The lowest BCUT2D eigenvalue weighted by Gasteiger charge is -2.28. The van der Waals surface area contributed by atoms with Gasteiger partial charge >= 0.3 is 0 Å². The van der Waals surface area contributed by atoms with Crippen LogP contribution in [0.2, 0.25) is 0 Å². The van der Waals surface area contributed by atoms with Crippen molar-refractivity contribution in [3.63, 3.8) is 0 Å². The van der Waals surface area contributed by atoms with E-state index >= 15 is 0 Å². The van der Waals surface area contributed by atoms with E-state index < -0.39 is 0 Å². The fraction of sp³-hybridized carbons (Fsp3) is 1.00. The minimum atomic E-state index is -0.0201. The number of nitrogens with one attached hydrogen (secondary N) is 1. The molecule has 0 saturated heterocycles. The lowest BCUT2D eigenvalue weighted by molar-refractivity contribution is 0.107. The summed E-state index contributed by atoms with van der Waals surface area (Å²) < 4.78 is 0. The van der Waals surface area contributed by atoms with Crippen LogP contribution in [0.3, 0.4) is 0 Å². The van der Waals surface area contributed by atoms with Crippen molar-refractivity contribution < 1.29 is 5.11 Å². The predicted molar refractivity (Wildman–Crippen MR) is 74.1 cm³/mol. The first kappa shape index (κ1) is 15.0. The van der Waals surface area contributed by atoms with E-state index in [1.165, 1.54) is 32.1 Å². The number of aliphatic hydroxyl groups excluding tert-OH is 1. The zero-order chi connectivity index (χ0) is 12.7. The van der Waals surface area contributed by atoms with E-state index in [0.717, 1.165) is 31.2 Å². The third-order valence-corrected chi connectivity index (χ3v) is 4.39. The van der Waals surface area contributed by atoms with Gasteiger partial charge in [0.25, 0.3) is 0 Å². The highest BCUT2D eigenvalue weighted by atomic mass is 16.3. The Morgan fingerprint density at radius 2 is 1.76 bits per heavy atom. The first-order valence-electron chi connectivity index (χ1n) is 7.57. The first-order valence-corrected chi connectivity index (χ1v) is 7.57.